The van der Waals surface area contributed by atoms with Crippen molar-refractivity contribution in [2.45, 2.75) is 26.3 Å². The van der Waals surface area contributed by atoms with E-state index >= 15 is 0 Å². The van der Waals surface area contributed by atoms with Crippen LogP contribution in [0.3, 0.4) is 0 Å². The van der Waals surface area contributed by atoms with Crippen molar-refractivity contribution in [2.75, 3.05) is 6.54 Å². The van der Waals surface area contributed by atoms with E-state index in [4.69, 9.17) is 23.2 Å². The molecule has 2 amide bonds. The number of hydrogen-bond acceptors (Lipinski definition) is 3. The molecule has 0 saturated carbocycles. The van der Waals surface area contributed by atoms with Gasteiger partial charge in [0.1, 0.15) is 11.7 Å². The van der Waals surface area contributed by atoms with Crippen LogP contribution in [0.25, 0.3) is 5.65 Å². The fourth-order valence-corrected chi connectivity index (χ4v) is 3.45. The number of imidazole rings is 1. The molecule has 6 nitrogen and oxygen atoms in total. The summed E-state index contributed by atoms with van der Waals surface area (Å²) in [6.45, 7) is 4.16. The molecule has 3 rings (SSSR count). The smallest absolute Gasteiger partial charge is 0.253 e. The number of pyridine rings is 1. The molecule has 1 aromatic carbocycles. The average Bonchev–Trinajstić information content (AvgIpc) is 3.08. The second kappa shape index (κ2) is 9.29. The van der Waals surface area contributed by atoms with Crippen molar-refractivity contribution in [3.63, 3.8) is 0 Å². The Morgan fingerprint density at radius 2 is 1.97 bits per heavy atom. The SMILES string of the molecule is CC(C)[C@H](NC(=O)c1ccc(Cl)cc1Cl)C(=O)NCCc1cn2ccccc2n1. The topological polar surface area (TPSA) is 75.5 Å². The van der Waals surface area contributed by atoms with Gasteiger partial charge in [-0.2, -0.15) is 0 Å². The second-order valence-corrected chi connectivity index (χ2v) is 7.90. The van der Waals surface area contributed by atoms with E-state index in [2.05, 4.69) is 15.6 Å². The van der Waals surface area contributed by atoms with Gasteiger partial charge in [0.2, 0.25) is 5.91 Å². The maximum Gasteiger partial charge on any atom is 0.253 e. The number of carbonyl (C=O) groups excluding carboxylic acids is 2. The number of nitrogens with zero attached hydrogens (tertiary/aromatic N) is 2. The summed E-state index contributed by atoms with van der Waals surface area (Å²) in [6.07, 6.45) is 4.46. The average molecular weight is 433 g/mol. The molecule has 152 valence electrons. The molecule has 0 bridgehead atoms. The highest BCUT2D eigenvalue weighted by atomic mass is 35.5. The number of aromatic nitrogens is 2. The number of rotatable bonds is 7. The Morgan fingerprint density at radius 3 is 2.66 bits per heavy atom. The summed E-state index contributed by atoms with van der Waals surface area (Å²) in [5, 5.41) is 6.33. The standard InChI is InChI=1S/C21H22Cl2N4O2/c1-13(2)19(26-20(28)16-7-6-14(22)11-17(16)23)21(29)24-9-8-15-12-27-10-4-3-5-18(27)25-15/h3-7,10-13,19H,8-9H2,1-2H3,(H,24,29)(H,26,28)/t19-/m0/s1. The van der Waals surface area contributed by atoms with Crippen LogP contribution in [0, 0.1) is 5.92 Å². The van der Waals surface area contributed by atoms with E-state index in [-0.39, 0.29) is 22.4 Å². The zero-order valence-electron chi connectivity index (χ0n) is 16.2. The Labute approximate surface area is 179 Å². The number of halogens is 2. The molecule has 0 spiro atoms. The lowest BCUT2D eigenvalue weighted by Crippen LogP contribution is -2.50. The van der Waals surface area contributed by atoms with Crippen LogP contribution >= 0.6 is 23.2 Å². The summed E-state index contributed by atoms with van der Waals surface area (Å²) in [5.41, 5.74) is 2.02. The van der Waals surface area contributed by atoms with Gasteiger partial charge in [0.15, 0.2) is 0 Å². The van der Waals surface area contributed by atoms with E-state index in [0.29, 0.717) is 18.0 Å². The van der Waals surface area contributed by atoms with Crippen LogP contribution in [0.5, 0.6) is 0 Å². The van der Waals surface area contributed by atoms with Crippen LogP contribution in [-0.2, 0) is 11.2 Å². The summed E-state index contributed by atoms with van der Waals surface area (Å²) in [4.78, 5) is 29.7. The predicted octanol–water partition coefficient (Wildman–Crippen LogP) is 3.75. The Morgan fingerprint density at radius 1 is 1.17 bits per heavy atom. The number of fused-ring (bicyclic) bond motifs is 1. The van der Waals surface area contributed by atoms with Crippen LogP contribution in [0.1, 0.15) is 29.9 Å². The zero-order valence-corrected chi connectivity index (χ0v) is 17.7. The molecule has 0 saturated heterocycles. The molecule has 2 aromatic heterocycles. The van der Waals surface area contributed by atoms with E-state index in [0.717, 1.165) is 11.3 Å². The van der Waals surface area contributed by atoms with Gasteiger partial charge in [0.05, 0.1) is 16.3 Å². The lowest BCUT2D eigenvalue weighted by atomic mass is 10.0. The molecule has 0 aliphatic heterocycles. The van der Waals surface area contributed by atoms with E-state index in [9.17, 15) is 9.59 Å². The number of amides is 2. The van der Waals surface area contributed by atoms with E-state index < -0.39 is 11.9 Å². The third-order valence-electron chi connectivity index (χ3n) is 4.51. The van der Waals surface area contributed by atoms with Crippen LogP contribution in [0.4, 0.5) is 0 Å². The predicted molar refractivity (Wildman–Crippen MR) is 114 cm³/mol. The maximum atomic E-state index is 12.6. The Bertz CT molecular complexity index is 999. The largest absolute Gasteiger partial charge is 0.354 e. The van der Waals surface area contributed by atoms with Gasteiger partial charge in [0.25, 0.3) is 5.91 Å². The van der Waals surface area contributed by atoms with E-state index in [1.54, 1.807) is 12.1 Å². The molecular formula is C21H22Cl2N4O2. The van der Waals surface area contributed by atoms with Crippen molar-refractivity contribution in [1.29, 1.82) is 0 Å². The summed E-state index contributed by atoms with van der Waals surface area (Å²) in [5.74, 6) is -0.761. The molecule has 0 radical (unpaired) electrons. The fraction of sp³-hybridized carbons (Fsp3) is 0.286. The number of benzene rings is 1. The quantitative estimate of drug-likeness (QED) is 0.596. The first kappa shape index (κ1) is 21.1. The molecule has 0 fully saturated rings. The van der Waals surface area contributed by atoms with Crippen molar-refractivity contribution in [2.24, 2.45) is 5.92 Å². The van der Waals surface area contributed by atoms with Crippen molar-refractivity contribution >= 4 is 40.7 Å². The van der Waals surface area contributed by atoms with Gasteiger partial charge in [0, 0.05) is 30.4 Å². The van der Waals surface area contributed by atoms with E-state index in [1.807, 2.05) is 48.8 Å². The van der Waals surface area contributed by atoms with Gasteiger partial charge < -0.3 is 15.0 Å². The third-order valence-corrected chi connectivity index (χ3v) is 5.05. The van der Waals surface area contributed by atoms with Gasteiger partial charge in [-0.05, 0) is 36.2 Å². The van der Waals surface area contributed by atoms with Crippen molar-refractivity contribution in [3.8, 4) is 0 Å². The highest BCUT2D eigenvalue weighted by Crippen LogP contribution is 2.21. The van der Waals surface area contributed by atoms with Gasteiger partial charge in [-0.15, -0.1) is 0 Å². The first-order chi connectivity index (χ1) is 13.8. The maximum absolute atomic E-state index is 12.6. The molecular weight excluding hydrogens is 411 g/mol. The minimum atomic E-state index is -0.685. The molecule has 8 heteroatoms. The minimum absolute atomic E-state index is 0.0970. The fourth-order valence-electron chi connectivity index (χ4n) is 2.96. The van der Waals surface area contributed by atoms with E-state index in [1.165, 1.54) is 6.07 Å². The zero-order chi connectivity index (χ0) is 21.0. The first-order valence-electron chi connectivity index (χ1n) is 9.31. The number of carbonyl (C=O) groups is 2. The van der Waals surface area contributed by atoms with Gasteiger partial charge >= 0.3 is 0 Å². The lowest BCUT2D eigenvalue weighted by molar-refractivity contribution is -0.123. The van der Waals surface area contributed by atoms with Crippen LogP contribution in [-0.4, -0.2) is 33.8 Å². The summed E-state index contributed by atoms with van der Waals surface area (Å²) in [7, 11) is 0. The van der Waals surface area contributed by atoms with Crippen LogP contribution in [0.2, 0.25) is 10.0 Å². The monoisotopic (exact) mass is 432 g/mol. The molecule has 3 aromatic rings. The van der Waals surface area contributed by atoms with Crippen molar-refractivity contribution in [3.05, 3.63) is 70.1 Å². The van der Waals surface area contributed by atoms with Gasteiger partial charge in [-0.25, -0.2) is 4.98 Å². The molecule has 2 N–H and O–H groups in total. The minimum Gasteiger partial charge on any atom is -0.354 e. The molecule has 1 atom stereocenters. The summed E-state index contributed by atoms with van der Waals surface area (Å²) in [6, 6.07) is 9.72. The molecule has 29 heavy (non-hydrogen) atoms. The van der Waals surface area contributed by atoms with Gasteiger partial charge in [-0.1, -0.05) is 43.1 Å². The molecule has 0 unspecified atom stereocenters. The molecule has 0 aliphatic rings. The van der Waals surface area contributed by atoms with Crippen LogP contribution in [0.15, 0.2) is 48.8 Å². The normalized spacial score (nSPS) is 12.2. The Balaban J connectivity index is 1.59. The van der Waals surface area contributed by atoms with Gasteiger partial charge in [-0.3, -0.25) is 9.59 Å². The highest BCUT2D eigenvalue weighted by molar-refractivity contribution is 6.36. The second-order valence-electron chi connectivity index (χ2n) is 7.06. The Kier molecular flexibility index (Phi) is 6.77. The highest BCUT2D eigenvalue weighted by Gasteiger charge is 2.25. The number of nitrogens with one attached hydrogen (secondary N) is 2. The summed E-state index contributed by atoms with van der Waals surface area (Å²) >= 11 is 12.0. The summed E-state index contributed by atoms with van der Waals surface area (Å²) < 4.78 is 1.93. The Hall–Kier alpha value is -2.57. The number of hydrogen-bond donors (Lipinski definition) is 2. The molecule has 2 heterocycles. The van der Waals surface area contributed by atoms with Crippen molar-refractivity contribution in [1.82, 2.24) is 20.0 Å². The molecule has 0 aliphatic carbocycles. The lowest BCUT2D eigenvalue weighted by Gasteiger charge is -2.22. The van der Waals surface area contributed by atoms with Crippen molar-refractivity contribution < 1.29 is 9.59 Å². The third kappa shape index (κ3) is 5.28. The van der Waals surface area contributed by atoms with Crippen LogP contribution < -0.4 is 10.6 Å². The first-order valence-corrected chi connectivity index (χ1v) is 10.1.